The number of halogens is 3. The Morgan fingerprint density at radius 3 is 2.30 bits per heavy atom. The summed E-state index contributed by atoms with van der Waals surface area (Å²) in [6.07, 6.45) is 0. The van der Waals surface area contributed by atoms with Gasteiger partial charge < -0.3 is 10.2 Å². The Bertz CT molecular complexity index is 837. The van der Waals surface area contributed by atoms with Crippen molar-refractivity contribution >= 4 is 40.7 Å². The SMILES string of the molecule is O=C(CN1CCN(C(=O)c2ccc(Cl)cc2Cl)CC1)Nc1ccc(F)cc1. The van der Waals surface area contributed by atoms with E-state index in [1.54, 1.807) is 23.1 Å². The zero-order valence-corrected chi connectivity index (χ0v) is 15.9. The maximum absolute atomic E-state index is 12.9. The van der Waals surface area contributed by atoms with Crippen LogP contribution in [-0.4, -0.2) is 54.3 Å². The monoisotopic (exact) mass is 409 g/mol. The summed E-state index contributed by atoms with van der Waals surface area (Å²) in [5.74, 6) is -0.677. The molecule has 8 heteroatoms. The minimum absolute atomic E-state index is 0.146. The molecule has 1 aliphatic rings. The van der Waals surface area contributed by atoms with E-state index in [4.69, 9.17) is 23.2 Å². The summed E-state index contributed by atoms with van der Waals surface area (Å²) in [5, 5.41) is 3.54. The standard InChI is InChI=1S/C19H18Cl2FN3O2/c20-13-1-6-16(17(21)11-13)19(27)25-9-7-24(8-10-25)12-18(26)23-15-4-2-14(22)3-5-15/h1-6,11H,7-10,12H2,(H,23,26). The van der Waals surface area contributed by atoms with Gasteiger partial charge in [-0.25, -0.2) is 4.39 Å². The van der Waals surface area contributed by atoms with E-state index < -0.39 is 0 Å². The molecular weight excluding hydrogens is 392 g/mol. The van der Waals surface area contributed by atoms with Crippen molar-refractivity contribution < 1.29 is 14.0 Å². The molecule has 1 N–H and O–H groups in total. The van der Waals surface area contributed by atoms with Crippen molar-refractivity contribution in [2.45, 2.75) is 0 Å². The van der Waals surface area contributed by atoms with E-state index in [1.807, 2.05) is 4.90 Å². The molecule has 0 atom stereocenters. The molecule has 0 aromatic heterocycles. The van der Waals surface area contributed by atoms with Gasteiger partial charge in [0.1, 0.15) is 5.82 Å². The van der Waals surface area contributed by atoms with Crippen LogP contribution in [-0.2, 0) is 4.79 Å². The molecule has 2 amide bonds. The van der Waals surface area contributed by atoms with Crippen molar-refractivity contribution in [1.82, 2.24) is 9.80 Å². The van der Waals surface area contributed by atoms with Gasteiger partial charge in [0.2, 0.25) is 5.91 Å². The maximum atomic E-state index is 12.9. The molecule has 0 bridgehead atoms. The fourth-order valence-corrected chi connectivity index (χ4v) is 3.37. The summed E-state index contributed by atoms with van der Waals surface area (Å²) in [5.41, 5.74) is 0.969. The smallest absolute Gasteiger partial charge is 0.255 e. The predicted molar refractivity (Wildman–Crippen MR) is 104 cm³/mol. The molecule has 1 fully saturated rings. The minimum Gasteiger partial charge on any atom is -0.336 e. The zero-order valence-electron chi connectivity index (χ0n) is 14.4. The van der Waals surface area contributed by atoms with Crippen LogP contribution in [0.25, 0.3) is 0 Å². The van der Waals surface area contributed by atoms with Gasteiger partial charge in [-0.1, -0.05) is 23.2 Å². The summed E-state index contributed by atoms with van der Waals surface area (Å²) in [4.78, 5) is 28.4. The largest absolute Gasteiger partial charge is 0.336 e. The first kappa shape index (κ1) is 19.6. The van der Waals surface area contributed by atoms with Gasteiger partial charge in [-0.05, 0) is 42.5 Å². The minimum atomic E-state index is -0.352. The number of rotatable bonds is 4. The van der Waals surface area contributed by atoms with E-state index in [0.29, 0.717) is 47.5 Å². The second kappa shape index (κ2) is 8.69. The van der Waals surface area contributed by atoms with Crippen LogP contribution in [0, 0.1) is 5.82 Å². The Kier molecular flexibility index (Phi) is 6.31. The highest BCUT2D eigenvalue weighted by molar-refractivity contribution is 6.36. The van der Waals surface area contributed by atoms with E-state index in [-0.39, 0.29) is 24.2 Å². The van der Waals surface area contributed by atoms with E-state index in [2.05, 4.69) is 5.32 Å². The average molecular weight is 410 g/mol. The number of piperazine rings is 1. The summed E-state index contributed by atoms with van der Waals surface area (Å²) in [7, 11) is 0. The van der Waals surface area contributed by atoms with Gasteiger partial charge in [0.25, 0.3) is 5.91 Å². The summed E-state index contributed by atoms with van der Waals surface area (Å²) in [6, 6.07) is 10.4. The van der Waals surface area contributed by atoms with Crippen LogP contribution in [0.15, 0.2) is 42.5 Å². The zero-order chi connectivity index (χ0) is 19.4. The molecule has 1 saturated heterocycles. The molecule has 0 unspecified atom stereocenters. The van der Waals surface area contributed by atoms with Gasteiger partial charge in [-0.3, -0.25) is 14.5 Å². The number of carbonyl (C=O) groups excluding carboxylic acids is 2. The van der Waals surface area contributed by atoms with Gasteiger partial charge in [0, 0.05) is 36.9 Å². The highest BCUT2D eigenvalue weighted by atomic mass is 35.5. The molecule has 0 radical (unpaired) electrons. The molecule has 1 aliphatic heterocycles. The van der Waals surface area contributed by atoms with Gasteiger partial charge in [-0.2, -0.15) is 0 Å². The summed E-state index contributed by atoms with van der Waals surface area (Å²) < 4.78 is 12.9. The lowest BCUT2D eigenvalue weighted by Gasteiger charge is -2.34. The lowest BCUT2D eigenvalue weighted by molar-refractivity contribution is -0.117. The van der Waals surface area contributed by atoms with Gasteiger partial charge in [-0.15, -0.1) is 0 Å². The normalized spacial score (nSPS) is 14.9. The van der Waals surface area contributed by atoms with E-state index in [9.17, 15) is 14.0 Å². The van der Waals surface area contributed by atoms with Crippen LogP contribution >= 0.6 is 23.2 Å². The van der Waals surface area contributed by atoms with E-state index in [1.165, 1.54) is 24.3 Å². The predicted octanol–water partition coefficient (Wildman–Crippen LogP) is 3.53. The molecule has 142 valence electrons. The third-order valence-corrected chi connectivity index (χ3v) is 4.86. The molecule has 3 rings (SSSR count). The Hall–Kier alpha value is -2.15. The number of anilines is 1. The van der Waals surface area contributed by atoms with Crippen molar-refractivity contribution in [3.63, 3.8) is 0 Å². The van der Waals surface area contributed by atoms with Crippen LogP contribution < -0.4 is 5.32 Å². The lowest BCUT2D eigenvalue weighted by Crippen LogP contribution is -2.50. The molecule has 0 saturated carbocycles. The average Bonchev–Trinajstić information content (AvgIpc) is 2.64. The second-order valence-electron chi connectivity index (χ2n) is 6.25. The third-order valence-electron chi connectivity index (χ3n) is 4.32. The van der Waals surface area contributed by atoms with Crippen molar-refractivity contribution in [3.05, 3.63) is 63.9 Å². The topological polar surface area (TPSA) is 52.7 Å². The molecule has 1 heterocycles. The number of benzene rings is 2. The van der Waals surface area contributed by atoms with Crippen LogP contribution in [0.5, 0.6) is 0 Å². The molecule has 2 aromatic carbocycles. The quantitative estimate of drug-likeness (QED) is 0.839. The molecule has 2 aromatic rings. The van der Waals surface area contributed by atoms with Crippen molar-refractivity contribution in [1.29, 1.82) is 0 Å². The molecule has 27 heavy (non-hydrogen) atoms. The lowest BCUT2D eigenvalue weighted by atomic mass is 10.1. The van der Waals surface area contributed by atoms with Crippen LogP contribution in [0.1, 0.15) is 10.4 Å². The van der Waals surface area contributed by atoms with Crippen LogP contribution in [0.3, 0.4) is 0 Å². The fourth-order valence-electron chi connectivity index (χ4n) is 2.88. The first-order valence-corrected chi connectivity index (χ1v) is 9.20. The Labute approximate surface area is 166 Å². The third kappa shape index (κ3) is 5.19. The number of nitrogens with one attached hydrogen (secondary N) is 1. The van der Waals surface area contributed by atoms with Crippen molar-refractivity contribution in [2.75, 3.05) is 38.0 Å². The number of amides is 2. The van der Waals surface area contributed by atoms with Gasteiger partial charge >= 0.3 is 0 Å². The maximum Gasteiger partial charge on any atom is 0.255 e. The highest BCUT2D eigenvalue weighted by Crippen LogP contribution is 2.22. The number of nitrogens with zero attached hydrogens (tertiary/aromatic N) is 2. The highest BCUT2D eigenvalue weighted by Gasteiger charge is 2.24. The number of hydrogen-bond acceptors (Lipinski definition) is 3. The molecule has 0 spiro atoms. The molecular formula is C19H18Cl2FN3O2. The number of hydrogen-bond donors (Lipinski definition) is 1. The molecule has 5 nitrogen and oxygen atoms in total. The second-order valence-corrected chi connectivity index (χ2v) is 7.09. The van der Waals surface area contributed by atoms with Crippen LogP contribution in [0.2, 0.25) is 10.0 Å². The Morgan fingerprint density at radius 2 is 1.67 bits per heavy atom. The fraction of sp³-hybridized carbons (Fsp3) is 0.263. The van der Waals surface area contributed by atoms with Crippen LogP contribution in [0.4, 0.5) is 10.1 Å². The van der Waals surface area contributed by atoms with E-state index >= 15 is 0 Å². The van der Waals surface area contributed by atoms with Gasteiger partial charge in [0.05, 0.1) is 17.1 Å². The summed E-state index contributed by atoms with van der Waals surface area (Å²) in [6.45, 7) is 2.37. The van der Waals surface area contributed by atoms with Crippen molar-refractivity contribution in [3.8, 4) is 0 Å². The summed E-state index contributed by atoms with van der Waals surface area (Å²) >= 11 is 12.0. The first-order valence-electron chi connectivity index (χ1n) is 8.44. The Balaban J connectivity index is 1.50. The van der Waals surface area contributed by atoms with Gasteiger partial charge in [0.15, 0.2) is 0 Å². The molecule has 0 aliphatic carbocycles. The Morgan fingerprint density at radius 1 is 1.00 bits per heavy atom. The van der Waals surface area contributed by atoms with E-state index in [0.717, 1.165) is 0 Å². The first-order chi connectivity index (χ1) is 12.9. The number of carbonyl (C=O) groups is 2. The van der Waals surface area contributed by atoms with Crippen molar-refractivity contribution in [2.24, 2.45) is 0 Å².